The second kappa shape index (κ2) is 11.6. The predicted molar refractivity (Wildman–Crippen MR) is 123 cm³/mol. The van der Waals surface area contributed by atoms with Gasteiger partial charge >= 0.3 is 35.2 Å². The van der Waals surface area contributed by atoms with Gasteiger partial charge in [0.25, 0.3) is 11.8 Å². The van der Waals surface area contributed by atoms with Crippen LogP contribution in [0.1, 0.15) is 5.69 Å². The van der Waals surface area contributed by atoms with Gasteiger partial charge in [0.1, 0.15) is 24.2 Å². The predicted octanol–water partition coefficient (Wildman–Crippen LogP) is -3.77. The Kier molecular flexibility index (Phi) is 9.06. The van der Waals surface area contributed by atoms with Gasteiger partial charge in [-0.2, -0.15) is 0 Å². The number of amides is 2. The van der Waals surface area contributed by atoms with Crippen LogP contribution in [0.3, 0.4) is 0 Å². The molecule has 4 rings (SSSR count). The Labute approximate surface area is 232 Å². The topological polar surface area (TPSA) is 180 Å². The van der Waals surface area contributed by atoms with Gasteiger partial charge in [0.15, 0.2) is 10.8 Å². The number of carbonyl (C=O) groups excluding carboxylic acids is 3. The zero-order valence-electron chi connectivity index (χ0n) is 18.4. The molecule has 0 radical (unpaired) electrons. The molecule has 2 amide bonds. The summed E-state index contributed by atoms with van der Waals surface area (Å²) in [6, 6.07) is 1.90. The fourth-order valence-electron chi connectivity index (χ4n) is 3.31. The summed E-state index contributed by atoms with van der Waals surface area (Å²) < 4.78 is 4.68. The van der Waals surface area contributed by atoms with Crippen molar-refractivity contribution >= 4 is 63.5 Å². The van der Waals surface area contributed by atoms with Gasteiger partial charge in [0.2, 0.25) is 0 Å². The summed E-state index contributed by atoms with van der Waals surface area (Å²) in [5.74, 6) is -2.29. The number of aliphatic carboxylic acids is 1. The maximum atomic E-state index is 12.8. The monoisotopic (exact) mass is 545 g/mol. The van der Waals surface area contributed by atoms with E-state index in [9.17, 15) is 24.3 Å². The number of hydrogen-bond donors (Lipinski definition) is 2. The van der Waals surface area contributed by atoms with Gasteiger partial charge in [-0.1, -0.05) is 5.16 Å². The summed E-state index contributed by atoms with van der Waals surface area (Å²) in [4.78, 5) is 59.3. The summed E-state index contributed by atoms with van der Waals surface area (Å²) in [6.45, 7) is 0. The molecule has 1 saturated heterocycles. The quantitative estimate of drug-likeness (QED) is 0.109. The summed E-state index contributed by atoms with van der Waals surface area (Å²) in [5.41, 5.74) is 5.35. The number of aromatic nitrogens is 1. The number of nitrogens with two attached hydrogens (primary N) is 1. The average molecular weight is 546 g/mol. The third kappa shape index (κ3) is 5.76. The second-order valence-electron chi connectivity index (χ2n) is 6.87. The number of anilines is 1. The fourth-order valence-corrected chi connectivity index (χ4v) is 6.25. The van der Waals surface area contributed by atoms with E-state index in [1.54, 1.807) is 6.07 Å². The number of nitrogens with one attached hydrogen (secondary N) is 1. The number of nitrogen functional groups attached to an aromatic ring is 1. The van der Waals surface area contributed by atoms with E-state index in [0.717, 1.165) is 16.2 Å². The first-order valence-corrected chi connectivity index (χ1v) is 12.4. The number of nitrogens with zero attached hydrogens (tertiary/aromatic N) is 3. The molecule has 2 aliphatic rings. The van der Waals surface area contributed by atoms with E-state index in [4.69, 9.17) is 10.6 Å². The van der Waals surface area contributed by atoms with E-state index in [2.05, 4.69) is 19.9 Å². The maximum absolute atomic E-state index is 12.8. The van der Waals surface area contributed by atoms with Crippen LogP contribution < -0.4 is 51.3 Å². The molecule has 2 atom stereocenters. The molecule has 0 aliphatic carbocycles. The molecule has 0 bridgehead atoms. The van der Waals surface area contributed by atoms with Crippen molar-refractivity contribution in [2.24, 2.45) is 5.16 Å². The molecule has 0 unspecified atom stereocenters. The molecular weight excluding hydrogens is 529 g/mol. The first-order chi connectivity index (χ1) is 16.3. The van der Waals surface area contributed by atoms with Crippen molar-refractivity contribution in [3.63, 3.8) is 0 Å². The summed E-state index contributed by atoms with van der Waals surface area (Å²) in [6.07, 6.45) is 1.25. The van der Waals surface area contributed by atoms with Crippen LogP contribution in [-0.4, -0.2) is 63.4 Å². The van der Waals surface area contributed by atoms with Gasteiger partial charge in [0, 0.05) is 27.8 Å². The molecule has 16 heteroatoms. The van der Waals surface area contributed by atoms with Crippen molar-refractivity contribution in [3.05, 3.63) is 51.2 Å². The van der Waals surface area contributed by atoms with Crippen LogP contribution in [-0.2, 0) is 19.2 Å². The average Bonchev–Trinajstić information content (AvgIpc) is 3.24. The van der Waals surface area contributed by atoms with Crippen LogP contribution in [0.2, 0.25) is 0 Å². The Balaban J connectivity index is 0.00000342. The van der Waals surface area contributed by atoms with Crippen molar-refractivity contribution in [2.75, 3.05) is 24.3 Å². The number of carboxylic acid groups (broad SMARTS) is 1. The van der Waals surface area contributed by atoms with E-state index < -0.39 is 34.8 Å². The van der Waals surface area contributed by atoms with Gasteiger partial charge in [0.05, 0.1) is 17.9 Å². The Bertz CT molecular complexity index is 1280. The molecule has 35 heavy (non-hydrogen) atoms. The van der Waals surface area contributed by atoms with Gasteiger partial charge in [-0.3, -0.25) is 14.5 Å². The normalized spacial score (nSPS) is 19.4. The molecule has 1 fully saturated rings. The number of hydrogen-bond acceptors (Lipinski definition) is 13. The molecule has 12 nitrogen and oxygen atoms in total. The molecule has 178 valence electrons. The van der Waals surface area contributed by atoms with Crippen LogP contribution >= 0.6 is 34.9 Å². The van der Waals surface area contributed by atoms with Gasteiger partial charge in [-0.25, -0.2) is 9.78 Å². The minimum absolute atomic E-state index is 0. The van der Waals surface area contributed by atoms with Crippen molar-refractivity contribution in [1.82, 2.24) is 15.2 Å². The first kappa shape index (κ1) is 27.3. The zero-order chi connectivity index (χ0) is 24.4. The molecule has 2 aliphatic heterocycles. The summed E-state index contributed by atoms with van der Waals surface area (Å²) in [5, 5.41) is 19.3. The van der Waals surface area contributed by atoms with Crippen molar-refractivity contribution in [3.8, 4) is 0 Å². The molecule has 3 N–H and O–H groups in total. The maximum Gasteiger partial charge on any atom is 1.00 e. The van der Waals surface area contributed by atoms with Crippen LogP contribution in [0.15, 0.2) is 54.3 Å². The number of carbonyl (C=O) groups is 3. The molecule has 2 aromatic rings. The Morgan fingerprint density at radius 1 is 1.46 bits per heavy atom. The van der Waals surface area contributed by atoms with Crippen molar-refractivity contribution < 1.29 is 58.3 Å². The van der Waals surface area contributed by atoms with Gasteiger partial charge in [-0.15, -0.1) is 34.9 Å². The SMILES string of the molecule is CO/N=C(\C(=O)N[C@@H]1C(=O)N2C(C(=O)[O-])=C(CSc3ccoc(=O)c3)CS[C@@H]12)c1csc(N)n1.[Na+]. The molecule has 4 heterocycles. The molecule has 0 aromatic carbocycles. The van der Waals surface area contributed by atoms with Crippen molar-refractivity contribution in [1.29, 1.82) is 0 Å². The summed E-state index contributed by atoms with van der Waals surface area (Å²) >= 11 is 3.65. The van der Waals surface area contributed by atoms with Crippen LogP contribution in [0.25, 0.3) is 0 Å². The number of fused-ring (bicyclic) bond motifs is 1. The molecule has 0 saturated carbocycles. The van der Waals surface area contributed by atoms with E-state index in [0.29, 0.717) is 16.2 Å². The third-order valence-corrected chi connectivity index (χ3v) is 7.87. The third-order valence-electron chi connectivity index (χ3n) is 4.78. The van der Waals surface area contributed by atoms with Crippen molar-refractivity contribution in [2.45, 2.75) is 16.3 Å². The number of rotatable bonds is 8. The zero-order valence-corrected chi connectivity index (χ0v) is 22.8. The van der Waals surface area contributed by atoms with Crippen LogP contribution in [0.4, 0.5) is 5.13 Å². The van der Waals surface area contributed by atoms with Gasteiger partial charge in [-0.05, 0) is 11.6 Å². The van der Waals surface area contributed by atoms with Gasteiger partial charge < -0.3 is 30.2 Å². The minimum Gasteiger partial charge on any atom is -0.543 e. The molecule has 2 aromatic heterocycles. The number of carboxylic acids is 1. The van der Waals surface area contributed by atoms with E-state index in [1.165, 1.54) is 48.3 Å². The Morgan fingerprint density at radius 2 is 2.23 bits per heavy atom. The second-order valence-corrected chi connectivity index (χ2v) is 9.91. The molecule has 0 spiro atoms. The van der Waals surface area contributed by atoms with E-state index in [1.807, 2.05) is 0 Å². The Morgan fingerprint density at radius 3 is 2.86 bits per heavy atom. The number of thiazole rings is 1. The standard InChI is InChI=1S/C19H17N5O7S3.Na/c1-30-23-12(10-7-34-19(20)21-10)15(26)22-13-16(27)24-14(18(28)29)8(6-33-17(13)24)5-32-9-2-3-31-11(25)4-9;/h2-4,7,13,17H,5-6H2,1H3,(H2,20,21)(H,22,26)(H,28,29);/q;+1/p-1/b23-12-;/t13-,17+;/m1./s1. The van der Waals surface area contributed by atoms with E-state index >= 15 is 0 Å². The minimum atomic E-state index is -1.49. The molecular formula is C19H16N5NaO7S3. The van der Waals surface area contributed by atoms with Crippen LogP contribution in [0.5, 0.6) is 0 Å². The fraction of sp³-hybridized carbons (Fsp3) is 0.263. The Hall–Kier alpha value is -2.30. The van der Waals surface area contributed by atoms with E-state index in [-0.39, 0.29) is 57.5 Å². The first-order valence-electron chi connectivity index (χ1n) is 9.53. The summed E-state index contributed by atoms with van der Waals surface area (Å²) in [7, 11) is 1.26. The number of oxime groups is 1. The number of thioether (sulfide) groups is 2. The number of β-lactam (4-membered cyclic amide) rings is 1. The van der Waals surface area contributed by atoms with Crippen LogP contribution in [0, 0.1) is 0 Å². The smallest absolute Gasteiger partial charge is 0.543 e. The largest absolute Gasteiger partial charge is 1.00 e.